The van der Waals surface area contributed by atoms with Crippen molar-refractivity contribution in [1.82, 2.24) is 10.6 Å². The number of amides is 3. The third kappa shape index (κ3) is 6.35. The van der Waals surface area contributed by atoms with E-state index in [4.69, 9.17) is 17.3 Å². The zero-order valence-corrected chi connectivity index (χ0v) is 16.0. The summed E-state index contributed by atoms with van der Waals surface area (Å²) in [6.07, 6.45) is 0.0643. The van der Waals surface area contributed by atoms with Gasteiger partial charge in [0, 0.05) is 24.8 Å². The number of primary amides is 1. The van der Waals surface area contributed by atoms with Crippen molar-refractivity contribution < 1.29 is 18.8 Å². The van der Waals surface area contributed by atoms with E-state index in [0.29, 0.717) is 10.6 Å². The van der Waals surface area contributed by atoms with Gasteiger partial charge in [-0.2, -0.15) is 0 Å². The van der Waals surface area contributed by atoms with Crippen molar-refractivity contribution >= 4 is 29.3 Å². The minimum absolute atomic E-state index is 0.0687. The highest BCUT2D eigenvalue weighted by molar-refractivity contribution is 6.30. The Morgan fingerprint density at radius 2 is 1.75 bits per heavy atom. The van der Waals surface area contributed by atoms with E-state index in [1.54, 1.807) is 30.3 Å². The van der Waals surface area contributed by atoms with Gasteiger partial charge >= 0.3 is 0 Å². The molecule has 28 heavy (non-hydrogen) atoms. The number of carbonyl (C=O) groups excluding carboxylic acids is 3. The van der Waals surface area contributed by atoms with E-state index in [1.165, 1.54) is 25.1 Å². The maximum atomic E-state index is 13.9. The lowest BCUT2D eigenvalue weighted by Crippen LogP contribution is -2.54. The van der Waals surface area contributed by atoms with Gasteiger partial charge in [0.25, 0.3) is 0 Å². The molecular formula is C20H21ClFN3O3. The van der Waals surface area contributed by atoms with Crippen LogP contribution in [-0.4, -0.2) is 29.8 Å². The second-order valence-electron chi connectivity index (χ2n) is 6.35. The molecule has 2 aromatic carbocycles. The van der Waals surface area contributed by atoms with Crippen LogP contribution in [0.1, 0.15) is 18.1 Å². The van der Waals surface area contributed by atoms with Crippen molar-refractivity contribution in [3.05, 3.63) is 70.5 Å². The van der Waals surface area contributed by atoms with Gasteiger partial charge in [-0.05, 0) is 29.3 Å². The number of carbonyl (C=O) groups is 3. The molecule has 8 heteroatoms. The van der Waals surface area contributed by atoms with Crippen molar-refractivity contribution in [3.8, 4) is 0 Å². The highest BCUT2D eigenvalue weighted by Gasteiger charge is 2.26. The first-order valence-corrected chi connectivity index (χ1v) is 8.98. The minimum Gasteiger partial charge on any atom is -0.368 e. The number of hydrogen-bond donors (Lipinski definition) is 3. The van der Waals surface area contributed by atoms with Crippen LogP contribution in [0, 0.1) is 5.82 Å². The van der Waals surface area contributed by atoms with Crippen LogP contribution in [-0.2, 0) is 27.2 Å². The summed E-state index contributed by atoms with van der Waals surface area (Å²) in [4.78, 5) is 36.0. The van der Waals surface area contributed by atoms with Gasteiger partial charge in [0.15, 0.2) is 0 Å². The Morgan fingerprint density at radius 3 is 2.36 bits per heavy atom. The van der Waals surface area contributed by atoms with E-state index in [9.17, 15) is 18.8 Å². The molecule has 2 aromatic rings. The van der Waals surface area contributed by atoms with E-state index in [0.717, 1.165) is 0 Å². The van der Waals surface area contributed by atoms with Crippen molar-refractivity contribution in [2.75, 3.05) is 0 Å². The molecule has 0 radical (unpaired) electrons. The van der Waals surface area contributed by atoms with Gasteiger partial charge in [0.05, 0.1) is 0 Å². The largest absolute Gasteiger partial charge is 0.368 e. The zero-order valence-electron chi connectivity index (χ0n) is 15.2. The smallest absolute Gasteiger partial charge is 0.243 e. The van der Waals surface area contributed by atoms with Crippen LogP contribution < -0.4 is 16.4 Å². The lowest BCUT2D eigenvalue weighted by atomic mass is 10.0. The van der Waals surface area contributed by atoms with Crippen molar-refractivity contribution in [3.63, 3.8) is 0 Å². The average molecular weight is 406 g/mol. The second-order valence-corrected chi connectivity index (χ2v) is 6.78. The van der Waals surface area contributed by atoms with Crippen LogP contribution in [0.5, 0.6) is 0 Å². The van der Waals surface area contributed by atoms with Gasteiger partial charge in [-0.1, -0.05) is 41.9 Å². The van der Waals surface area contributed by atoms with Crippen LogP contribution in [0.2, 0.25) is 5.02 Å². The lowest BCUT2D eigenvalue weighted by molar-refractivity contribution is -0.130. The molecule has 0 saturated carbocycles. The summed E-state index contributed by atoms with van der Waals surface area (Å²) >= 11 is 5.94. The fraction of sp³-hybridized carbons (Fsp3) is 0.250. The Balaban J connectivity index is 2.15. The molecule has 0 bridgehead atoms. The van der Waals surface area contributed by atoms with E-state index >= 15 is 0 Å². The quantitative estimate of drug-likeness (QED) is 0.623. The fourth-order valence-electron chi connectivity index (χ4n) is 2.73. The molecule has 148 valence electrons. The Hall–Kier alpha value is -2.93. The number of benzene rings is 2. The lowest BCUT2D eigenvalue weighted by Gasteiger charge is -2.22. The number of hydrogen-bond acceptors (Lipinski definition) is 3. The topological polar surface area (TPSA) is 101 Å². The summed E-state index contributed by atoms with van der Waals surface area (Å²) in [5, 5.41) is 5.51. The van der Waals surface area contributed by atoms with Crippen LogP contribution in [0.4, 0.5) is 4.39 Å². The summed E-state index contributed by atoms with van der Waals surface area (Å²) in [7, 11) is 0. The molecule has 0 aliphatic heterocycles. The van der Waals surface area contributed by atoms with Crippen LogP contribution in [0.15, 0.2) is 48.5 Å². The Bertz CT molecular complexity index is 875. The Kier molecular flexibility index (Phi) is 7.52. The number of rotatable bonds is 8. The molecule has 6 nitrogen and oxygen atoms in total. The van der Waals surface area contributed by atoms with Crippen molar-refractivity contribution in [1.29, 1.82) is 0 Å². The maximum Gasteiger partial charge on any atom is 0.243 e. The van der Waals surface area contributed by atoms with E-state index in [2.05, 4.69) is 10.6 Å². The molecule has 4 N–H and O–H groups in total. The summed E-state index contributed by atoms with van der Waals surface area (Å²) < 4.78 is 13.9. The molecule has 0 fully saturated rings. The average Bonchev–Trinajstić information content (AvgIpc) is 2.62. The molecule has 0 aliphatic carbocycles. The predicted octanol–water partition coefficient (Wildman–Crippen LogP) is 1.74. The number of halogens is 2. The van der Waals surface area contributed by atoms with Crippen molar-refractivity contribution in [2.24, 2.45) is 5.73 Å². The van der Waals surface area contributed by atoms with Crippen LogP contribution in [0.3, 0.4) is 0 Å². The van der Waals surface area contributed by atoms with Gasteiger partial charge in [-0.15, -0.1) is 0 Å². The van der Waals surface area contributed by atoms with Gasteiger partial charge in [0.2, 0.25) is 17.7 Å². The highest BCUT2D eigenvalue weighted by atomic mass is 35.5. The first kappa shape index (κ1) is 21.4. The second kappa shape index (κ2) is 9.85. The van der Waals surface area contributed by atoms with E-state index < -0.39 is 35.6 Å². The molecule has 0 aromatic heterocycles. The van der Waals surface area contributed by atoms with Gasteiger partial charge < -0.3 is 16.4 Å². The molecule has 2 atom stereocenters. The fourth-order valence-corrected chi connectivity index (χ4v) is 2.95. The van der Waals surface area contributed by atoms with Crippen LogP contribution >= 0.6 is 11.6 Å². The van der Waals surface area contributed by atoms with Gasteiger partial charge in [-0.3, -0.25) is 14.4 Å². The molecule has 2 rings (SSSR count). The first-order chi connectivity index (χ1) is 13.3. The first-order valence-electron chi connectivity index (χ1n) is 8.61. The third-order valence-corrected chi connectivity index (χ3v) is 4.30. The monoisotopic (exact) mass is 405 g/mol. The summed E-state index contributed by atoms with van der Waals surface area (Å²) in [6, 6.07) is 10.7. The minimum atomic E-state index is -1.06. The van der Waals surface area contributed by atoms with Gasteiger partial charge in [-0.25, -0.2) is 4.39 Å². The van der Waals surface area contributed by atoms with Crippen molar-refractivity contribution in [2.45, 2.75) is 31.8 Å². The molecule has 0 saturated heterocycles. The van der Waals surface area contributed by atoms with Gasteiger partial charge in [0.1, 0.15) is 17.9 Å². The summed E-state index contributed by atoms with van der Waals surface area (Å²) in [5.74, 6) is -2.32. The molecule has 0 unspecified atom stereocenters. The predicted molar refractivity (Wildman–Crippen MR) is 104 cm³/mol. The normalized spacial score (nSPS) is 12.7. The maximum absolute atomic E-state index is 13.9. The number of nitrogens with two attached hydrogens (primary N) is 1. The number of nitrogens with one attached hydrogen (secondary N) is 2. The third-order valence-electron chi connectivity index (χ3n) is 4.06. The summed E-state index contributed by atoms with van der Waals surface area (Å²) in [6.45, 7) is 1.25. The molecule has 0 heterocycles. The summed E-state index contributed by atoms with van der Waals surface area (Å²) in [5.41, 5.74) is 6.39. The Morgan fingerprint density at radius 1 is 1.04 bits per heavy atom. The molecular weight excluding hydrogens is 385 g/mol. The zero-order chi connectivity index (χ0) is 20.7. The Labute approximate surface area is 167 Å². The van der Waals surface area contributed by atoms with E-state index in [1.807, 2.05) is 0 Å². The SMILES string of the molecule is CC(=O)N[C@@H](Cc1ccccc1F)C(=O)N[C@@H](Cc1cccc(Cl)c1)C(N)=O. The van der Waals surface area contributed by atoms with E-state index in [-0.39, 0.29) is 18.4 Å². The molecule has 0 aliphatic rings. The molecule has 0 spiro atoms. The molecule has 3 amide bonds. The standard InChI is InChI=1S/C20H21ClFN3O3/c1-12(26)24-18(11-14-6-2-3-8-16(14)22)20(28)25-17(19(23)27)10-13-5-4-7-15(21)9-13/h2-9,17-18H,10-11H2,1H3,(H2,23,27)(H,24,26)(H,25,28)/t17-,18-/m0/s1. The highest BCUT2D eigenvalue weighted by Crippen LogP contribution is 2.13. The van der Waals surface area contributed by atoms with Crippen LogP contribution in [0.25, 0.3) is 0 Å².